The number of phenolic OH excluding ortho intramolecular Hbond substituents is 1. The summed E-state index contributed by atoms with van der Waals surface area (Å²) in [5.41, 5.74) is 1.17. The van der Waals surface area contributed by atoms with Gasteiger partial charge in [0.1, 0.15) is 11.6 Å². The zero-order valence-electron chi connectivity index (χ0n) is 10.3. The van der Waals surface area contributed by atoms with Crippen molar-refractivity contribution < 1.29 is 18.6 Å². The topological polar surface area (TPSA) is 41.5 Å². The number of ether oxygens (including phenoxy) is 1. The Bertz CT molecular complexity index is 567. The average Bonchev–Trinajstić information content (AvgIpc) is 2.36. The summed E-state index contributed by atoms with van der Waals surface area (Å²) in [7, 11) is 1.45. The van der Waals surface area contributed by atoms with Crippen LogP contribution in [0.4, 0.5) is 14.5 Å². The van der Waals surface area contributed by atoms with Crippen LogP contribution in [0.2, 0.25) is 0 Å². The minimum Gasteiger partial charge on any atom is -0.504 e. The summed E-state index contributed by atoms with van der Waals surface area (Å²) in [4.78, 5) is 0. The van der Waals surface area contributed by atoms with E-state index in [1.54, 1.807) is 12.1 Å². The average molecular weight is 265 g/mol. The zero-order chi connectivity index (χ0) is 13.8. The van der Waals surface area contributed by atoms with Crippen LogP contribution in [0.5, 0.6) is 11.5 Å². The highest BCUT2D eigenvalue weighted by molar-refractivity contribution is 5.46. The SMILES string of the molecule is COc1cc(CNc2cc(F)cc(F)c2)ccc1O. The summed E-state index contributed by atoms with van der Waals surface area (Å²) in [6.45, 7) is 0.361. The number of anilines is 1. The smallest absolute Gasteiger partial charge is 0.160 e. The summed E-state index contributed by atoms with van der Waals surface area (Å²) in [5.74, 6) is -0.871. The number of hydrogen-bond acceptors (Lipinski definition) is 3. The lowest BCUT2D eigenvalue weighted by molar-refractivity contribution is 0.373. The predicted molar refractivity (Wildman–Crippen MR) is 68.3 cm³/mol. The minimum atomic E-state index is -0.634. The first-order chi connectivity index (χ1) is 9.08. The van der Waals surface area contributed by atoms with Crippen LogP contribution in [-0.4, -0.2) is 12.2 Å². The first kappa shape index (κ1) is 13.1. The standard InChI is InChI=1S/C14H13F2NO2/c1-19-14-4-9(2-3-13(14)18)8-17-12-6-10(15)5-11(16)7-12/h2-7,17-18H,8H2,1H3. The molecule has 2 aromatic carbocycles. The maximum atomic E-state index is 13.0. The number of phenols is 1. The molecule has 19 heavy (non-hydrogen) atoms. The Kier molecular flexibility index (Phi) is 3.85. The normalized spacial score (nSPS) is 10.3. The molecule has 0 aliphatic heterocycles. The van der Waals surface area contributed by atoms with Gasteiger partial charge in [0.05, 0.1) is 7.11 Å². The molecule has 0 spiro atoms. The molecule has 0 saturated carbocycles. The zero-order valence-corrected chi connectivity index (χ0v) is 10.3. The van der Waals surface area contributed by atoms with Gasteiger partial charge in [0.2, 0.25) is 0 Å². The lowest BCUT2D eigenvalue weighted by Gasteiger charge is -2.09. The Morgan fingerprint density at radius 1 is 1.11 bits per heavy atom. The van der Waals surface area contributed by atoms with Crippen LogP contribution in [0.1, 0.15) is 5.56 Å². The number of hydrogen-bond donors (Lipinski definition) is 2. The van der Waals surface area contributed by atoms with Crippen molar-refractivity contribution in [3.63, 3.8) is 0 Å². The molecule has 2 rings (SSSR count). The molecular weight excluding hydrogens is 252 g/mol. The molecule has 0 aromatic heterocycles. The Labute approximate surface area is 109 Å². The van der Waals surface area contributed by atoms with E-state index in [2.05, 4.69) is 5.32 Å². The molecule has 0 atom stereocenters. The van der Waals surface area contributed by atoms with E-state index < -0.39 is 11.6 Å². The van der Waals surface area contributed by atoms with E-state index in [9.17, 15) is 13.9 Å². The van der Waals surface area contributed by atoms with Crippen LogP contribution in [0.3, 0.4) is 0 Å². The highest BCUT2D eigenvalue weighted by Gasteiger charge is 2.04. The molecular formula is C14H13F2NO2. The third kappa shape index (κ3) is 3.34. The van der Waals surface area contributed by atoms with Crippen molar-refractivity contribution in [1.29, 1.82) is 0 Å². The highest BCUT2D eigenvalue weighted by Crippen LogP contribution is 2.26. The van der Waals surface area contributed by atoms with Gasteiger partial charge in [-0.05, 0) is 29.8 Å². The molecule has 2 aromatic rings. The highest BCUT2D eigenvalue weighted by atomic mass is 19.1. The summed E-state index contributed by atoms with van der Waals surface area (Å²) >= 11 is 0. The third-order valence-electron chi connectivity index (χ3n) is 2.60. The lowest BCUT2D eigenvalue weighted by atomic mass is 10.2. The summed E-state index contributed by atoms with van der Waals surface area (Å²) in [6.07, 6.45) is 0. The van der Waals surface area contributed by atoms with Crippen molar-refractivity contribution in [3.8, 4) is 11.5 Å². The maximum Gasteiger partial charge on any atom is 0.160 e. The number of methoxy groups -OCH3 is 1. The van der Waals surface area contributed by atoms with Crippen molar-refractivity contribution in [3.05, 3.63) is 53.6 Å². The van der Waals surface area contributed by atoms with E-state index in [1.807, 2.05) is 0 Å². The van der Waals surface area contributed by atoms with Gasteiger partial charge in [-0.3, -0.25) is 0 Å². The number of nitrogens with one attached hydrogen (secondary N) is 1. The quantitative estimate of drug-likeness (QED) is 0.891. The molecule has 0 radical (unpaired) electrons. The first-order valence-electron chi connectivity index (χ1n) is 5.64. The van der Waals surface area contributed by atoms with Gasteiger partial charge < -0.3 is 15.2 Å². The molecule has 0 amide bonds. The van der Waals surface area contributed by atoms with Crippen LogP contribution in [0.15, 0.2) is 36.4 Å². The van der Waals surface area contributed by atoms with E-state index >= 15 is 0 Å². The van der Waals surface area contributed by atoms with E-state index in [0.29, 0.717) is 18.0 Å². The first-order valence-corrected chi connectivity index (χ1v) is 5.64. The van der Waals surface area contributed by atoms with Gasteiger partial charge in [-0.2, -0.15) is 0 Å². The van der Waals surface area contributed by atoms with E-state index in [0.717, 1.165) is 11.6 Å². The van der Waals surface area contributed by atoms with Crippen LogP contribution in [0.25, 0.3) is 0 Å². The van der Waals surface area contributed by atoms with E-state index in [4.69, 9.17) is 4.74 Å². The Balaban J connectivity index is 2.10. The number of halogens is 2. The fourth-order valence-electron chi connectivity index (χ4n) is 1.69. The molecule has 0 bridgehead atoms. The number of aromatic hydroxyl groups is 1. The second-order valence-corrected chi connectivity index (χ2v) is 4.02. The molecule has 0 saturated heterocycles. The Morgan fingerprint density at radius 3 is 2.42 bits per heavy atom. The van der Waals surface area contributed by atoms with Gasteiger partial charge >= 0.3 is 0 Å². The van der Waals surface area contributed by atoms with Crippen LogP contribution in [-0.2, 0) is 6.54 Å². The van der Waals surface area contributed by atoms with Crippen LogP contribution >= 0.6 is 0 Å². The third-order valence-corrected chi connectivity index (χ3v) is 2.60. The second kappa shape index (κ2) is 5.56. The van der Waals surface area contributed by atoms with Crippen molar-refractivity contribution in [2.24, 2.45) is 0 Å². The molecule has 100 valence electrons. The van der Waals surface area contributed by atoms with E-state index in [-0.39, 0.29) is 5.75 Å². The maximum absolute atomic E-state index is 13.0. The molecule has 2 N–H and O–H groups in total. The summed E-state index contributed by atoms with van der Waals surface area (Å²) in [5, 5.41) is 12.3. The van der Waals surface area contributed by atoms with Gasteiger partial charge in [0.25, 0.3) is 0 Å². The van der Waals surface area contributed by atoms with Gasteiger partial charge in [-0.15, -0.1) is 0 Å². The molecule has 5 heteroatoms. The molecule has 0 aliphatic rings. The van der Waals surface area contributed by atoms with Crippen molar-refractivity contribution in [1.82, 2.24) is 0 Å². The minimum absolute atomic E-state index is 0.0445. The van der Waals surface area contributed by atoms with Gasteiger partial charge in [-0.25, -0.2) is 8.78 Å². The lowest BCUT2D eigenvalue weighted by Crippen LogP contribution is -2.00. The van der Waals surface area contributed by atoms with Crippen molar-refractivity contribution in [2.75, 3.05) is 12.4 Å². The summed E-state index contributed by atoms with van der Waals surface area (Å²) in [6, 6.07) is 8.08. The van der Waals surface area contributed by atoms with Crippen molar-refractivity contribution in [2.45, 2.75) is 6.54 Å². The molecule has 0 aliphatic carbocycles. The predicted octanol–water partition coefficient (Wildman–Crippen LogP) is 3.29. The second-order valence-electron chi connectivity index (χ2n) is 4.02. The molecule has 3 nitrogen and oxygen atoms in total. The summed E-state index contributed by atoms with van der Waals surface area (Å²) < 4.78 is 31.0. The van der Waals surface area contributed by atoms with Gasteiger partial charge in [-0.1, -0.05) is 6.07 Å². The fourth-order valence-corrected chi connectivity index (χ4v) is 1.69. The Morgan fingerprint density at radius 2 is 1.79 bits per heavy atom. The molecule has 0 fully saturated rings. The molecule has 0 heterocycles. The van der Waals surface area contributed by atoms with Gasteiger partial charge in [0.15, 0.2) is 11.5 Å². The largest absolute Gasteiger partial charge is 0.504 e. The van der Waals surface area contributed by atoms with E-state index in [1.165, 1.54) is 25.3 Å². The molecule has 0 unspecified atom stereocenters. The Hall–Kier alpha value is -2.30. The van der Waals surface area contributed by atoms with Gasteiger partial charge in [0, 0.05) is 18.3 Å². The van der Waals surface area contributed by atoms with Crippen LogP contribution in [0, 0.1) is 11.6 Å². The number of benzene rings is 2. The monoisotopic (exact) mass is 265 g/mol. The number of rotatable bonds is 4. The van der Waals surface area contributed by atoms with Crippen molar-refractivity contribution >= 4 is 5.69 Å². The van der Waals surface area contributed by atoms with Crippen LogP contribution < -0.4 is 10.1 Å². The fraction of sp³-hybridized carbons (Fsp3) is 0.143.